The molecule has 1 aliphatic rings. The van der Waals surface area contributed by atoms with E-state index in [2.05, 4.69) is 21.2 Å². The number of ether oxygens (including phenoxy) is 2. The fourth-order valence-electron chi connectivity index (χ4n) is 2.85. The molecule has 26 heavy (non-hydrogen) atoms. The summed E-state index contributed by atoms with van der Waals surface area (Å²) in [6.07, 6.45) is 1.47. The Labute approximate surface area is 160 Å². The molecule has 2 aromatic carbocycles. The smallest absolute Gasteiger partial charge is 0.255 e. The lowest BCUT2D eigenvalue weighted by atomic mass is 10.1. The molecule has 0 bridgehead atoms. The number of rotatable bonds is 5. The Morgan fingerprint density at radius 1 is 1.12 bits per heavy atom. The van der Waals surface area contributed by atoms with Crippen molar-refractivity contribution >= 4 is 39.1 Å². The number of hydrogen-bond acceptors (Lipinski definition) is 4. The van der Waals surface area contributed by atoms with E-state index in [0.717, 1.165) is 18.7 Å². The molecule has 0 saturated carbocycles. The predicted octanol–water partition coefficient (Wildman–Crippen LogP) is 3.85. The van der Waals surface area contributed by atoms with Crippen molar-refractivity contribution in [3.63, 3.8) is 0 Å². The molecule has 0 aliphatic carbocycles. The predicted molar refractivity (Wildman–Crippen MR) is 103 cm³/mol. The van der Waals surface area contributed by atoms with Gasteiger partial charge in [-0.1, -0.05) is 0 Å². The molecular formula is C19H19BrN2O4. The molecule has 0 atom stereocenters. The maximum absolute atomic E-state index is 12.6. The third kappa shape index (κ3) is 3.67. The SMILES string of the molecule is COc1cc(C(=O)Nc2ccc(N3CCCC3=O)cc2)cc(OC)c1Br. The Morgan fingerprint density at radius 2 is 1.73 bits per heavy atom. The van der Waals surface area contributed by atoms with E-state index in [1.165, 1.54) is 14.2 Å². The summed E-state index contributed by atoms with van der Waals surface area (Å²) in [4.78, 5) is 26.1. The fraction of sp³-hybridized carbons (Fsp3) is 0.263. The lowest BCUT2D eigenvalue weighted by Crippen LogP contribution is -2.23. The first kappa shape index (κ1) is 18.3. The number of hydrogen-bond donors (Lipinski definition) is 1. The van der Waals surface area contributed by atoms with Gasteiger partial charge in [-0.2, -0.15) is 0 Å². The molecule has 2 aromatic rings. The van der Waals surface area contributed by atoms with Crippen LogP contribution in [0, 0.1) is 0 Å². The summed E-state index contributed by atoms with van der Waals surface area (Å²) in [7, 11) is 3.05. The molecule has 6 nitrogen and oxygen atoms in total. The Balaban J connectivity index is 1.76. The fourth-order valence-corrected chi connectivity index (χ4v) is 3.40. The van der Waals surface area contributed by atoms with Crippen molar-refractivity contribution in [1.82, 2.24) is 0 Å². The summed E-state index contributed by atoms with van der Waals surface area (Å²) in [5.74, 6) is 0.879. The van der Waals surface area contributed by atoms with Crippen molar-refractivity contribution in [3.05, 3.63) is 46.4 Å². The topological polar surface area (TPSA) is 67.9 Å². The van der Waals surface area contributed by atoms with Crippen molar-refractivity contribution in [1.29, 1.82) is 0 Å². The van der Waals surface area contributed by atoms with E-state index in [4.69, 9.17) is 9.47 Å². The van der Waals surface area contributed by atoms with Gasteiger partial charge < -0.3 is 19.7 Å². The van der Waals surface area contributed by atoms with Crippen molar-refractivity contribution in [3.8, 4) is 11.5 Å². The highest BCUT2D eigenvalue weighted by Gasteiger charge is 2.21. The normalized spacial score (nSPS) is 13.7. The second-order valence-corrected chi connectivity index (χ2v) is 6.64. The van der Waals surface area contributed by atoms with Gasteiger partial charge in [0.25, 0.3) is 5.91 Å². The van der Waals surface area contributed by atoms with Gasteiger partial charge in [0.05, 0.1) is 14.2 Å². The van der Waals surface area contributed by atoms with Crippen molar-refractivity contribution in [2.24, 2.45) is 0 Å². The summed E-state index contributed by atoms with van der Waals surface area (Å²) in [5.41, 5.74) is 1.91. The van der Waals surface area contributed by atoms with E-state index in [-0.39, 0.29) is 11.8 Å². The number of benzene rings is 2. The number of halogens is 1. The van der Waals surface area contributed by atoms with Gasteiger partial charge >= 0.3 is 0 Å². The Bertz CT molecular complexity index is 811. The second kappa shape index (κ2) is 7.78. The van der Waals surface area contributed by atoms with Gasteiger partial charge in [-0.25, -0.2) is 0 Å². The monoisotopic (exact) mass is 418 g/mol. The lowest BCUT2D eigenvalue weighted by Gasteiger charge is -2.16. The zero-order valence-electron chi connectivity index (χ0n) is 14.5. The molecule has 1 saturated heterocycles. The highest BCUT2D eigenvalue weighted by Crippen LogP contribution is 2.35. The zero-order valence-corrected chi connectivity index (χ0v) is 16.1. The molecule has 3 rings (SSSR count). The molecule has 0 radical (unpaired) electrons. The molecule has 1 heterocycles. The molecule has 7 heteroatoms. The van der Waals surface area contributed by atoms with E-state index in [1.54, 1.807) is 29.2 Å². The first-order chi connectivity index (χ1) is 12.5. The maximum atomic E-state index is 12.6. The zero-order chi connectivity index (χ0) is 18.7. The number of methoxy groups -OCH3 is 2. The largest absolute Gasteiger partial charge is 0.495 e. The van der Waals surface area contributed by atoms with Gasteiger partial charge in [0.15, 0.2) is 0 Å². The molecule has 1 N–H and O–H groups in total. The molecule has 2 amide bonds. The van der Waals surface area contributed by atoms with Gasteiger partial charge in [0, 0.05) is 29.9 Å². The van der Waals surface area contributed by atoms with Crippen molar-refractivity contribution in [2.75, 3.05) is 31.0 Å². The van der Waals surface area contributed by atoms with E-state index in [0.29, 0.717) is 33.6 Å². The number of nitrogens with zero attached hydrogens (tertiary/aromatic N) is 1. The number of amides is 2. The molecule has 0 unspecified atom stereocenters. The lowest BCUT2D eigenvalue weighted by molar-refractivity contribution is -0.117. The van der Waals surface area contributed by atoms with Crippen molar-refractivity contribution in [2.45, 2.75) is 12.8 Å². The minimum Gasteiger partial charge on any atom is -0.495 e. The first-order valence-corrected chi connectivity index (χ1v) is 8.96. The second-order valence-electron chi connectivity index (χ2n) is 5.84. The van der Waals surface area contributed by atoms with Crippen molar-refractivity contribution < 1.29 is 19.1 Å². The van der Waals surface area contributed by atoms with Crippen LogP contribution < -0.4 is 19.7 Å². The van der Waals surface area contributed by atoms with Crippen LogP contribution in [0.5, 0.6) is 11.5 Å². The van der Waals surface area contributed by atoms with Crippen LogP contribution in [0.25, 0.3) is 0 Å². The first-order valence-electron chi connectivity index (χ1n) is 8.17. The van der Waals surface area contributed by atoms with Crippen LogP contribution >= 0.6 is 15.9 Å². The number of carbonyl (C=O) groups excluding carboxylic acids is 2. The van der Waals surface area contributed by atoms with Crippen LogP contribution in [0.2, 0.25) is 0 Å². The number of nitrogens with one attached hydrogen (secondary N) is 1. The minimum absolute atomic E-state index is 0.135. The molecule has 0 aromatic heterocycles. The van der Waals surface area contributed by atoms with Crippen LogP contribution in [0.3, 0.4) is 0 Å². The van der Waals surface area contributed by atoms with Gasteiger partial charge in [0.1, 0.15) is 16.0 Å². The highest BCUT2D eigenvalue weighted by molar-refractivity contribution is 9.10. The Kier molecular flexibility index (Phi) is 5.46. The van der Waals surface area contributed by atoms with E-state index >= 15 is 0 Å². The molecular weight excluding hydrogens is 400 g/mol. The van der Waals surface area contributed by atoms with E-state index in [9.17, 15) is 9.59 Å². The summed E-state index contributed by atoms with van der Waals surface area (Å²) in [5, 5.41) is 2.84. The van der Waals surface area contributed by atoms with Crippen LogP contribution in [0.4, 0.5) is 11.4 Å². The van der Waals surface area contributed by atoms with Crippen LogP contribution in [0.15, 0.2) is 40.9 Å². The van der Waals surface area contributed by atoms with Gasteiger partial charge in [-0.15, -0.1) is 0 Å². The summed E-state index contributed by atoms with van der Waals surface area (Å²) >= 11 is 3.38. The molecule has 1 aliphatic heterocycles. The van der Waals surface area contributed by atoms with Gasteiger partial charge in [0.2, 0.25) is 5.91 Å². The summed E-state index contributed by atoms with van der Waals surface area (Å²) in [6, 6.07) is 10.5. The van der Waals surface area contributed by atoms with Gasteiger partial charge in [-0.3, -0.25) is 9.59 Å². The standard InChI is InChI=1S/C19H19BrN2O4/c1-25-15-10-12(11-16(26-2)18(15)20)19(24)21-13-5-7-14(8-6-13)22-9-3-4-17(22)23/h5-8,10-11H,3-4,9H2,1-2H3,(H,21,24). The third-order valence-electron chi connectivity index (χ3n) is 4.22. The maximum Gasteiger partial charge on any atom is 0.255 e. The van der Waals surface area contributed by atoms with Crippen LogP contribution in [-0.4, -0.2) is 32.6 Å². The third-order valence-corrected chi connectivity index (χ3v) is 5.00. The van der Waals surface area contributed by atoms with Gasteiger partial charge in [-0.05, 0) is 58.7 Å². The van der Waals surface area contributed by atoms with E-state index < -0.39 is 0 Å². The van der Waals surface area contributed by atoms with Crippen LogP contribution in [-0.2, 0) is 4.79 Å². The highest BCUT2D eigenvalue weighted by atomic mass is 79.9. The van der Waals surface area contributed by atoms with E-state index in [1.807, 2.05) is 12.1 Å². The summed E-state index contributed by atoms with van der Waals surface area (Å²) in [6.45, 7) is 0.739. The number of carbonyl (C=O) groups is 2. The average molecular weight is 419 g/mol. The quantitative estimate of drug-likeness (QED) is 0.800. The Morgan fingerprint density at radius 3 is 2.23 bits per heavy atom. The molecule has 136 valence electrons. The average Bonchev–Trinajstić information content (AvgIpc) is 3.08. The summed E-state index contributed by atoms with van der Waals surface area (Å²) < 4.78 is 11.2. The molecule has 1 fully saturated rings. The number of anilines is 2. The minimum atomic E-state index is -0.279. The Hall–Kier alpha value is -2.54. The van der Waals surface area contributed by atoms with Crippen LogP contribution in [0.1, 0.15) is 23.2 Å². The molecule has 0 spiro atoms.